The molecule has 6 nitrogen and oxygen atoms in total. The lowest BCUT2D eigenvalue weighted by molar-refractivity contribution is -0.127. The molecule has 29 heavy (non-hydrogen) atoms. The van der Waals surface area contributed by atoms with Crippen LogP contribution in [0.3, 0.4) is 0 Å². The van der Waals surface area contributed by atoms with E-state index in [0.29, 0.717) is 30.7 Å². The van der Waals surface area contributed by atoms with Crippen LogP contribution in [0.15, 0.2) is 42.6 Å². The van der Waals surface area contributed by atoms with Gasteiger partial charge in [-0.1, -0.05) is 31.4 Å². The first kappa shape index (κ1) is 21.1. The first-order chi connectivity index (χ1) is 14.2. The van der Waals surface area contributed by atoms with Gasteiger partial charge in [0.1, 0.15) is 11.9 Å². The number of hydrogen-bond donors (Lipinski definition) is 1. The molecule has 1 aromatic carbocycles. The summed E-state index contributed by atoms with van der Waals surface area (Å²) in [5, 5.41) is 2.83. The van der Waals surface area contributed by atoms with Crippen LogP contribution < -0.4 is 14.8 Å². The highest BCUT2D eigenvalue weighted by atomic mass is 16.5. The van der Waals surface area contributed by atoms with Gasteiger partial charge in [-0.15, -0.1) is 0 Å². The number of rotatable bonds is 9. The zero-order chi connectivity index (χ0) is 20.5. The Labute approximate surface area is 172 Å². The SMILES string of the molecule is COc1cccc(COC(C)C(=O)Nc2ncccc2OCC2CCCCC2)c1. The van der Waals surface area contributed by atoms with Gasteiger partial charge in [0, 0.05) is 6.20 Å². The molecule has 0 bridgehead atoms. The zero-order valence-corrected chi connectivity index (χ0v) is 17.2. The molecule has 3 rings (SSSR count). The summed E-state index contributed by atoms with van der Waals surface area (Å²) in [6.07, 6.45) is 7.28. The van der Waals surface area contributed by atoms with E-state index in [4.69, 9.17) is 14.2 Å². The number of methoxy groups -OCH3 is 1. The Hall–Kier alpha value is -2.60. The number of carbonyl (C=O) groups excluding carboxylic acids is 1. The van der Waals surface area contributed by atoms with Gasteiger partial charge in [-0.25, -0.2) is 4.98 Å². The Morgan fingerprint density at radius 3 is 2.83 bits per heavy atom. The fraction of sp³-hybridized carbons (Fsp3) is 0.478. The van der Waals surface area contributed by atoms with E-state index >= 15 is 0 Å². The third-order valence-corrected chi connectivity index (χ3v) is 5.21. The highest BCUT2D eigenvalue weighted by Gasteiger charge is 2.18. The minimum absolute atomic E-state index is 0.255. The quantitative estimate of drug-likeness (QED) is 0.669. The Bertz CT molecular complexity index is 790. The largest absolute Gasteiger partial charge is 0.497 e. The van der Waals surface area contributed by atoms with Crippen LogP contribution in [0, 0.1) is 5.92 Å². The van der Waals surface area contributed by atoms with Gasteiger partial charge in [0.15, 0.2) is 11.6 Å². The second kappa shape index (κ2) is 10.8. The lowest BCUT2D eigenvalue weighted by atomic mass is 9.90. The Morgan fingerprint density at radius 2 is 2.03 bits per heavy atom. The van der Waals surface area contributed by atoms with Gasteiger partial charge in [0.25, 0.3) is 5.91 Å². The van der Waals surface area contributed by atoms with E-state index in [0.717, 1.165) is 11.3 Å². The molecule has 0 aliphatic heterocycles. The molecule has 1 fully saturated rings. The van der Waals surface area contributed by atoms with Crippen molar-refractivity contribution in [1.29, 1.82) is 0 Å². The summed E-state index contributed by atoms with van der Waals surface area (Å²) in [7, 11) is 1.62. The van der Waals surface area contributed by atoms with Crippen molar-refractivity contribution < 1.29 is 19.0 Å². The molecule has 1 amide bonds. The lowest BCUT2D eigenvalue weighted by Gasteiger charge is -2.22. The molecule has 0 radical (unpaired) electrons. The van der Waals surface area contributed by atoms with E-state index in [1.165, 1.54) is 32.1 Å². The predicted octanol–water partition coefficient (Wildman–Crippen LogP) is 4.59. The summed E-state index contributed by atoms with van der Waals surface area (Å²) in [5.74, 6) is 2.12. The number of nitrogens with one attached hydrogen (secondary N) is 1. The molecule has 1 unspecified atom stereocenters. The predicted molar refractivity (Wildman–Crippen MR) is 112 cm³/mol. The van der Waals surface area contributed by atoms with Gasteiger partial charge >= 0.3 is 0 Å². The Morgan fingerprint density at radius 1 is 1.21 bits per heavy atom. The number of carbonyl (C=O) groups is 1. The fourth-order valence-electron chi connectivity index (χ4n) is 3.44. The van der Waals surface area contributed by atoms with Gasteiger partial charge in [-0.3, -0.25) is 4.79 Å². The fourth-order valence-corrected chi connectivity index (χ4v) is 3.44. The van der Waals surface area contributed by atoms with Crippen molar-refractivity contribution in [2.24, 2.45) is 5.92 Å². The minimum Gasteiger partial charge on any atom is -0.497 e. The van der Waals surface area contributed by atoms with Gasteiger partial charge in [0.05, 0.1) is 20.3 Å². The minimum atomic E-state index is -0.630. The van der Waals surface area contributed by atoms with Crippen molar-refractivity contribution in [2.75, 3.05) is 19.0 Å². The Balaban J connectivity index is 1.52. The van der Waals surface area contributed by atoms with Crippen LogP contribution in [0.25, 0.3) is 0 Å². The van der Waals surface area contributed by atoms with Crippen LogP contribution >= 0.6 is 0 Å². The van der Waals surface area contributed by atoms with Gasteiger partial charge < -0.3 is 19.5 Å². The van der Waals surface area contributed by atoms with Crippen LogP contribution in [0.5, 0.6) is 11.5 Å². The molecule has 0 spiro atoms. The molecular formula is C23H30N2O4. The molecule has 0 saturated heterocycles. The highest BCUT2D eigenvalue weighted by molar-refractivity contribution is 5.94. The number of aromatic nitrogens is 1. The number of amides is 1. The molecule has 1 aliphatic rings. The number of ether oxygens (including phenoxy) is 3. The zero-order valence-electron chi connectivity index (χ0n) is 17.2. The molecule has 6 heteroatoms. The van der Waals surface area contributed by atoms with Crippen LogP contribution in [-0.4, -0.2) is 30.7 Å². The van der Waals surface area contributed by atoms with E-state index in [-0.39, 0.29) is 5.91 Å². The smallest absolute Gasteiger partial charge is 0.254 e. The topological polar surface area (TPSA) is 69.7 Å². The van der Waals surface area contributed by atoms with E-state index < -0.39 is 6.10 Å². The summed E-state index contributed by atoms with van der Waals surface area (Å²) in [6, 6.07) is 11.2. The van der Waals surface area contributed by atoms with Crippen LogP contribution in [0.4, 0.5) is 5.82 Å². The van der Waals surface area contributed by atoms with Crippen molar-refractivity contribution in [1.82, 2.24) is 4.98 Å². The van der Waals surface area contributed by atoms with E-state index in [9.17, 15) is 4.79 Å². The second-order valence-electron chi connectivity index (χ2n) is 7.46. The van der Waals surface area contributed by atoms with Crippen molar-refractivity contribution in [3.8, 4) is 11.5 Å². The second-order valence-corrected chi connectivity index (χ2v) is 7.46. The average Bonchev–Trinajstić information content (AvgIpc) is 2.77. The first-order valence-electron chi connectivity index (χ1n) is 10.3. The standard InChI is InChI=1S/C23H30N2O4/c1-17(28-16-19-10-6-11-20(14-19)27-2)23(26)25-22-21(12-7-13-24-22)29-15-18-8-4-3-5-9-18/h6-7,10-14,17-18H,3-5,8-9,15-16H2,1-2H3,(H,24,25,26). The van der Waals surface area contributed by atoms with Gasteiger partial charge in [-0.2, -0.15) is 0 Å². The number of hydrogen-bond acceptors (Lipinski definition) is 5. The molecule has 2 aromatic rings. The average molecular weight is 399 g/mol. The lowest BCUT2D eigenvalue weighted by Crippen LogP contribution is -2.28. The van der Waals surface area contributed by atoms with Crippen molar-refractivity contribution in [3.05, 3.63) is 48.2 Å². The van der Waals surface area contributed by atoms with Crippen molar-refractivity contribution in [3.63, 3.8) is 0 Å². The number of nitrogens with zero attached hydrogens (tertiary/aromatic N) is 1. The van der Waals surface area contributed by atoms with E-state index in [1.54, 1.807) is 20.2 Å². The van der Waals surface area contributed by atoms with Crippen LogP contribution in [0.2, 0.25) is 0 Å². The Kier molecular flexibility index (Phi) is 7.87. The molecule has 156 valence electrons. The number of anilines is 1. The monoisotopic (exact) mass is 398 g/mol. The summed E-state index contributed by atoms with van der Waals surface area (Å²) in [5.41, 5.74) is 0.943. The maximum Gasteiger partial charge on any atom is 0.254 e. The highest BCUT2D eigenvalue weighted by Crippen LogP contribution is 2.27. The van der Waals surface area contributed by atoms with Gasteiger partial charge in [0.2, 0.25) is 0 Å². The molecule has 1 aliphatic carbocycles. The molecular weight excluding hydrogens is 368 g/mol. The molecule has 1 heterocycles. The van der Waals surface area contributed by atoms with Crippen molar-refractivity contribution >= 4 is 11.7 Å². The summed E-state index contributed by atoms with van der Waals surface area (Å²) in [6.45, 7) is 2.70. The maximum atomic E-state index is 12.6. The first-order valence-corrected chi connectivity index (χ1v) is 10.3. The van der Waals surface area contributed by atoms with E-state index in [1.807, 2.05) is 36.4 Å². The van der Waals surface area contributed by atoms with E-state index in [2.05, 4.69) is 10.3 Å². The van der Waals surface area contributed by atoms with Crippen LogP contribution in [-0.2, 0) is 16.1 Å². The normalized spacial score (nSPS) is 15.5. The molecule has 1 atom stereocenters. The molecule has 1 N–H and O–H groups in total. The third-order valence-electron chi connectivity index (χ3n) is 5.21. The number of benzene rings is 1. The molecule has 1 saturated carbocycles. The van der Waals surface area contributed by atoms with Crippen molar-refractivity contribution in [2.45, 2.75) is 51.7 Å². The molecule has 1 aromatic heterocycles. The number of pyridine rings is 1. The summed E-state index contributed by atoms with van der Waals surface area (Å²) in [4.78, 5) is 16.8. The third kappa shape index (κ3) is 6.46. The summed E-state index contributed by atoms with van der Waals surface area (Å²) >= 11 is 0. The van der Waals surface area contributed by atoms with Crippen LogP contribution in [0.1, 0.15) is 44.6 Å². The van der Waals surface area contributed by atoms with Gasteiger partial charge in [-0.05, 0) is 55.5 Å². The maximum absolute atomic E-state index is 12.6. The summed E-state index contributed by atoms with van der Waals surface area (Å²) < 4.78 is 16.9.